The van der Waals surface area contributed by atoms with E-state index < -0.39 is 10.0 Å². The van der Waals surface area contributed by atoms with Crippen molar-refractivity contribution in [1.29, 1.82) is 0 Å². The van der Waals surface area contributed by atoms with Crippen LogP contribution < -0.4 is 5.32 Å². The van der Waals surface area contributed by atoms with Gasteiger partial charge in [-0.3, -0.25) is 4.79 Å². The lowest BCUT2D eigenvalue weighted by Gasteiger charge is -2.15. The molecule has 1 aromatic rings. The molecule has 0 bridgehead atoms. The van der Waals surface area contributed by atoms with Gasteiger partial charge in [-0.25, -0.2) is 8.42 Å². The minimum absolute atomic E-state index is 0.0707. The molecule has 0 aliphatic carbocycles. The molecule has 1 aromatic carbocycles. The number of rotatable bonds is 7. The molecule has 0 saturated carbocycles. The van der Waals surface area contributed by atoms with Crippen LogP contribution in [-0.2, 0) is 14.8 Å². The third-order valence-corrected chi connectivity index (χ3v) is 6.26. The summed E-state index contributed by atoms with van der Waals surface area (Å²) < 4.78 is 26.3. The topological polar surface area (TPSA) is 66.5 Å². The number of sulfonamides is 1. The van der Waals surface area contributed by atoms with Crippen molar-refractivity contribution in [2.75, 3.05) is 25.4 Å². The maximum absolute atomic E-state index is 12.4. The van der Waals surface area contributed by atoms with E-state index in [0.29, 0.717) is 30.3 Å². The molecule has 7 heteroatoms. The fourth-order valence-electron chi connectivity index (χ4n) is 2.17. The maximum Gasteiger partial charge on any atom is 0.243 e. The highest BCUT2D eigenvalue weighted by molar-refractivity contribution is 8.00. The third-order valence-electron chi connectivity index (χ3n) is 3.34. The van der Waals surface area contributed by atoms with Crippen LogP contribution in [0.3, 0.4) is 0 Å². The van der Waals surface area contributed by atoms with Crippen LogP contribution in [-0.4, -0.2) is 44.0 Å². The van der Waals surface area contributed by atoms with Crippen LogP contribution in [0.2, 0.25) is 0 Å². The molecule has 22 heavy (non-hydrogen) atoms. The molecule has 1 N–H and O–H groups in total. The molecule has 5 nitrogen and oxygen atoms in total. The van der Waals surface area contributed by atoms with Crippen molar-refractivity contribution in [2.45, 2.75) is 22.6 Å². The van der Waals surface area contributed by atoms with Crippen LogP contribution in [0.15, 0.2) is 46.7 Å². The van der Waals surface area contributed by atoms with Gasteiger partial charge in [-0.15, -0.1) is 18.3 Å². The first-order valence-electron chi connectivity index (χ1n) is 7.14. The minimum Gasteiger partial charge on any atom is -0.352 e. The first-order valence-corrected chi connectivity index (χ1v) is 9.57. The monoisotopic (exact) mass is 340 g/mol. The van der Waals surface area contributed by atoms with E-state index in [2.05, 4.69) is 11.9 Å². The molecule has 120 valence electrons. The summed E-state index contributed by atoms with van der Waals surface area (Å²) >= 11 is 1.38. The summed E-state index contributed by atoms with van der Waals surface area (Å²) in [5.74, 6) is 0.227. The Labute approximate surface area is 135 Å². The predicted octanol–water partition coefficient (Wildman–Crippen LogP) is 1.87. The van der Waals surface area contributed by atoms with Gasteiger partial charge in [-0.2, -0.15) is 4.31 Å². The van der Waals surface area contributed by atoms with Gasteiger partial charge >= 0.3 is 0 Å². The van der Waals surface area contributed by atoms with Gasteiger partial charge in [0.05, 0.1) is 10.6 Å². The number of nitrogens with one attached hydrogen (secondary N) is 1. The maximum atomic E-state index is 12.4. The highest BCUT2D eigenvalue weighted by Gasteiger charge is 2.26. The summed E-state index contributed by atoms with van der Waals surface area (Å²) in [5, 5.41) is 2.69. The van der Waals surface area contributed by atoms with E-state index in [1.165, 1.54) is 16.1 Å². The highest BCUT2D eigenvalue weighted by atomic mass is 32.2. The third kappa shape index (κ3) is 4.34. The number of nitrogens with zero attached hydrogens (tertiary/aromatic N) is 1. The molecule has 1 aliphatic heterocycles. The zero-order chi connectivity index (χ0) is 16.0. The molecule has 1 aliphatic rings. The summed E-state index contributed by atoms with van der Waals surface area (Å²) in [6.45, 7) is 5.18. The molecule has 1 fully saturated rings. The van der Waals surface area contributed by atoms with Crippen molar-refractivity contribution in [2.24, 2.45) is 0 Å². The molecule has 1 amide bonds. The molecule has 0 spiro atoms. The molecule has 1 saturated heterocycles. The van der Waals surface area contributed by atoms with E-state index in [1.807, 2.05) is 0 Å². The Morgan fingerprint density at radius 3 is 2.50 bits per heavy atom. The van der Waals surface area contributed by atoms with Crippen molar-refractivity contribution in [3.63, 3.8) is 0 Å². The molecule has 0 radical (unpaired) electrons. The van der Waals surface area contributed by atoms with Crippen molar-refractivity contribution < 1.29 is 13.2 Å². The van der Waals surface area contributed by atoms with Gasteiger partial charge in [0.2, 0.25) is 15.9 Å². The van der Waals surface area contributed by atoms with E-state index in [9.17, 15) is 13.2 Å². The number of carbonyl (C=O) groups excluding carboxylic acids is 1. The second kappa shape index (κ2) is 7.80. The smallest absolute Gasteiger partial charge is 0.243 e. The Kier molecular flexibility index (Phi) is 6.05. The minimum atomic E-state index is -3.37. The number of hydrogen-bond acceptors (Lipinski definition) is 4. The lowest BCUT2D eigenvalue weighted by molar-refractivity contribution is -0.118. The van der Waals surface area contributed by atoms with Gasteiger partial charge in [-0.1, -0.05) is 6.08 Å². The summed E-state index contributed by atoms with van der Waals surface area (Å²) in [6, 6.07) is 6.71. The Hall–Kier alpha value is -1.31. The SMILES string of the molecule is C=CCNC(=O)CSc1ccc(S(=O)(=O)N2CCCC2)cc1. The normalized spacial score (nSPS) is 15.6. The van der Waals surface area contributed by atoms with Crippen molar-refractivity contribution in [1.82, 2.24) is 9.62 Å². The van der Waals surface area contributed by atoms with Crippen LogP contribution in [0.5, 0.6) is 0 Å². The molecule has 0 aromatic heterocycles. The largest absolute Gasteiger partial charge is 0.352 e. The average molecular weight is 340 g/mol. The van der Waals surface area contributed by atoms with Gasteiger partial charge in [0.15, 0.2) is 0 Å². The summed E-state index contributed by atoms with van der Waals surface area (Å²) in [6.07, 6.45) is 3.47. The van der Waals surface area contributed by atoms with Crippen LogP contribution in [0.4, 0.5) is 0 Å². The van der Waals surface area contributed by atoms with E-state index in [4.69, 9.17) is 0 Å². The number of thioether (sulfide) groups is 1. The standard InChI is InChI=1S/C15H20N2O3S2/c1-2-9-16-15(18)12-21-13-5-7-14(8-6-13)22(19,20)17-10-3-4-11-17/h2,5-8H,1,3-4,9-12H2,(H,16,18). The first kappa shape index (κ1) is 17.1. The average Bonchev–Trinajstić information content (AvgIpc) is 3.06. The van der Waals surface area contributed by atoms with Gasteiger partial charge in [0, 0.05) is 24.5 Å². The lowest BCUT2D eigenvalue weighted by Crippen LogP contribution is -2.27. The number of hydrogen-bond donors (Lipinski definition) is 1. The van der Waals surface area contributed by atoms with Crippen LogP contribution in [0.25, 0.3) is 0 Å². The van der Waals surface area contributed by atoms with Crippen LogP contribution in [0, 0.1) is 0 Å². The van der Waals surface area contributed by atoms with Crippen molar-refractivity contribution >= 4 is 27.7 Å². The number of carbonyl (C=O) groups is 1. The molecule has 1 heterocycles. The molecule has 0 atom stereocenters. The Morgan fingerprint density at radius 2 is 1.91 bits per heavy atom. The lowest BCUT2D eigenvalue weighted by atomic mass is 10.4. The van der Waals surface area contributed by atoms with Crippen LogP contribution in [0.1, 0.15) is 12.8 Å². The fourth-order valence-corrected chi connectivity index (χ4v) is 4.42. The summed E-state index contributed by atoms with van der Waals surface area (Å²) in [4.78, 5) is 12.7. The van der Waals surface area contributed by atoms with Crippen LogP contribution >= 0.6 is 11.8 Å². The van der Waals surface area contributed by atoms with E-state index in [1.54, 1.807) is 30.3 Å². The van der Waals surface area contributed by atoms with E-state index in [0.717, 1.165) is 17.7 Å². The number of amides is 1. The Bertz CT molecular complexity index is 621. The number of benzene rings is 1. The molecule has 2 rings (SSSR count). The zero-order valence-corrected chi connectivity index (χ0v) is 14.0. The van der Waals surface area contributed by atoms with E-state index in [-0.39, 0.29) is 5.91 Å². The first-order chi connectivity index (χ1) is 10.5. The van der Waals surface area contributed by atoms with Gasteiger partial charge < -0.3 is 5.32 Å². The quantitative estimate of drug-likeness (QED) is 0.608. The summed E-state index contributed by atoms with van der Waals surface area (Å²) in [5.41, 5.74) is 0. The van der Waals surface area contributed by atoms with Crippen molar-refractivity contribution in [3.05, 3.63) is 36.9 Å². The van der Waals surface area contributed by atoms with Gasteiger partial charge in [-0.05, 0) is 37.1 Å². The second-order valence-electron chi connectivity index (χ2n) is 4.96. The van der Waals surface area contributed by atoms with E-state index >= 15 is 0 Å². The molecular weight excluding hydrogens is 320 g/mol. The fraction of sp³-hybridized carbons (Fsp3) is 0.400. The van der Waals surface area contributed by atoms with Gasteiger partial charge in [0.25, 0.3) is 0 Å². The molecular formula is C15H20N2O3S2. The van der Waals surface area contributed by atoms with Gasteiger partial charge in [0.1, 0.15) is 0 Å². The second-order valence-corrected chi connectivity index (χ2v) is 7.95. The Balaban J connectivity index is 1.95. The Morgan fingerprint density at radius 1 is 1.27 bits per heavy atom. The predicted molar refractivity (Wildman–Crippen MR) is 88.4 cm³/mol. The highest BCUT2D eigenvalue weighted by Crippen LogP contribution is 2.24. The van der Waals surface area contributed by atoms with Crippen molar-refractivity contribution in [3.8, 4) is 0 Å². The zero-order valence-electron chi connectivity index (χ0n) is 12.3. The molecule has 0 unspecified atom stereocenters. The summed E-state index contributed by atoms with van der Waals surface area (Å²) in [7, 11) is -3.37.